The minimum atomic E-state index is -0.361. The van der Waals surface area contributed by atoms with E-state index >= 15 is 0 Å². The van der Waals surface area contributed by atoms with Crippen LogP contribution in [0.1, 0.15) is 24.1 Å². The lowest BCUT2D eigenvalue weighted by molar-refractivity contribution is -0.124. The molecule has 140 valence electrons. The number of anilines is 1. The van der Waals surface area contributed by atoms with E-state index in [0.717, 1.165) is 24.1 Å². The van der Waals surface area contributed by atoms with E-state index in [1.165, 1.54) is 4.90 Å². The zero-order valence-electron chi connectivity index (χ0n) is 14.6. The minimum absolute atomic E-state index is 0.133. The molecule has 4 heterocycles. The monoisotopic (exact) mass is 405 g/mol. The van der Waals surface area contributed by atoms with Crippen LogP contribution in [-0.2, 0) is 20.9 Å². The molecule has 5 rings (SSSR count). The number of nitrogens with zero attached hydrogens (tertiary/aromatic N) is 3. The first-order valence-corrected chi connectivity index (χ1v) is 9.72. The van der Waals surface area contributed by atoms with Gasteiger partial charge in [0.05, 0.1) is 30.6 Å². The summed E-state index contributed by atoms with van der Waals surface area (Å²) < 4.78 is 7.49. The van der Waals surface area contributed by atoms with Crippen molar-refractivity contribution in [2.75, 3.05) is 4.90 Å². The third-order valence-electron chi connectivity index (χ3n) is 5.85. The van der Waals surface area contributed by atoms with Crippen LogP contribution < -0.4 is 4.90 Å². The number of carbonyl (C=O) groups excluding carboxylic acids is 2. The predicted octanol–water partition coefficient (Wildman–Crippen LogP) is 3.21. The van der Waals surface area contributed by atoms with Gasteiger partial charge in [-0.2, -0.15) is 5.10 Å². The Morgan fingerprint density at radius 3 is 2.30 bits per heavy atom. The lowest BCUT2D eigenvalue weighted by atomic mass is 9.81. The van der Waals surface area contributed by atoms with Gasteiger partial charge in [-0.25, -0.2) is 4.90 Å². The molecule has 8 heteroatoms. The van der Waals surface area contributed by atoms with Gasteiger partial charge in [-0.05, 0) is 31.9 Å². The zero-order chi connectivity index (χ0) is 18.9. The Balaban J connectivity index is 1.47. The van der Waals surface area contributed by atoms with E-state index in [0.29, 0.717) is 22.4 Å². The van der Waals surface area contributed by atoms with Crippen molar-refractivity contribution in [3.05, 3.63) is 45.6 Å². The number of aryl methyl sites for hydroxylation is 1. The van der Waals surface area contributed by atoms with Crippen LogP contribution in [0.5, 0.6) is 0 Å². The van der Waals surface area contributed by atoms with Crippen LogP contribution >= 0.6 is 23.2 Å². The number of rotatable bonds is 3. The van der Waals surface area contributed by atoms with E-state index in [4.69, 9.17) is 27.9 Å². The molecular formula is C19H17Cl2N3O3. The molecule has 1 aromatic heterocycles. The van der Waals surface area contributed by atoms with Crippen LogP contribution in [-0.4, -0.2) is 33.8 Å². The van der Waals surface area contributed by atoms with Crippen LogP contribution in [0.4, 0.5) is 5.82 Å². The maximum Gasteiger partial charge on any atom is 0.241 e. The predicted molar refractivity (Wildman–Crippen MR) is 99.9 cm³/mol. The van der Waals surface area contributed by atoms with Crippen molar-refractivity contribution in [1.29, 1.82) is 0 Å². The molecule has 0 unspecified atom stereocenters. The Bertz CT molecular complexity index is 925. The molecule has 0 saturated carbocycles. The highest BCUT2D eigenvalue weighted by molar-refractivity contribution is 6.36. The molecule has 0 radical (unpaired) electrons. The second-order valence-electron chi connectivity index (χ2n) is 7.36. The van der Waals surface area contributed by atoms with Gasteiger partial charge in [-0.1, -0.05) is 29.3 Å². The number of carbonyl (C=O) groups is 2. The number of aromatic nitrogens is 2. The zero-order valence-corrected chi connectivity index (χ0v) is 16.1. The molecule has 3 fully saturated rings. The van der Waals surface area contributed by atoms with Crippen LogP contribution in [0.3, 0.4) is 0 Å². The van der Waals surface area contributed by atoms with E-state index in [-0.39, 0.29) is 35.9 Å². The first kappa shape index (κ1) is 17.2. The average Bonchev–Trinajstić information content (AvgIpc) is 3.36. The minimum Gasteiger partial charge on any atom is -0.373 e. The first-order chi connectivity index (χ1) is 13.0. The smallest absolute Gasteiger partial charge is 0.241 e. The Labute approximate surface area is 166 Å². The molecule has 2 amide bonds. The molecule has 3 aliphatic rings. The maximum absolute atomic E-state index is 12.9. The molecule has 2 bridgehead atoms. The number of amides is 2. The molecular weight excluding hydrogens is 389 g/mol. The normalized spacial score (nSPS) is 29.1. The van der Waals surface area contributed by atoms with Gasteiger partial charge >= 0.3 is 0 Å². The van der Waals surface area contributed by atoms with Gasteiger partial charge in [0.1, 0.15) is 0 Å². The largest absolute Gasteiger partial charge is 0.373 e. The summed E-state index contributed by atoms with van der Waals surface area (Å²) in [6, 6.07) is 7.08. The SMILES string of the molecule is Cc1cc(N2C(=O)[C@H]3[C@H](C2=O)[C@H]2CC[C@H]3O2)nn1Cc1c(Cl)cccc1Cl. The maximum atomic E-state index is 12.9. The Morgan fingerprint density at radius 2 is 1.70 bits per heavy atom. The first-order valence-electron chi connectivity index (χ1n) is 8.96. The molecule has 3 saturated heterocycles. The fourth-order valence-electron chi connectivity index (χ4n) is 4.53. The summed E-state index contributed by atoms with van der Waals surface area (Å²) in [7, 11) is 0. The summed E-state index contributed by atoms with van der Waals surface area (Å²) >= 11 is 12.5. The third-order valence-corrected chi connectivity index (χ3v) is 6.56. The summed E-state index contributed by atoms with van der Waals surface area (Å²) in [5.74, 6) is -0.755. The fraction of sp³-hybridized carbons (Fsp3) is 0.421. The number of hydrogen-bond donors (Lipinski definition) is 0. The molecule has 6 nitrogen and oxygen atoms in total. The van der Waals surface area contributed by atoms with Crippen molar-refractivity contribution in [1.82, 2.24) is 9.78 Å². The van der Waals surface area contributed by atoms with Gasteiger partial charge in [0.2, 0.25) is 11.8 Å². The van der Waals surface area contributed by atoms with Crippen LogP contribution in [0.15, 0.2) is 24.3 Å². The van der Waals surface area contributed by atoms with Crippen molar-refractivity contribution in [3.63, 3.8) is 0 Å². The number of ether oxygens (including phenoxy) is 1. The molecule has 1 aromatic carbocycles. The quantitative estimate of drug-likeness (QED) is 0.735. The number of hydrogen-bond acceptors (Lipinski definition) is 4. The summed E-state index contributed by atoms with van der Waals surface area (Å²) in [6.07, 6.45) is 1.42. The summed E-state index contributed by atoms with van der Waals surface area (Å²) in [5.41, 5.74) is 1.57. The molecule has 0 spiro atoms. The highest BCUT2D eigenvalue weighted by Crippen LogP contribution is 2.49. The summed E-state index contributed by atoms with van der Waals surface area (Å²) in [4.78, 5) is 27.1. The van der Waals surface area contributed by atoms with Crippen LogP contribution in [0.25, 0.3) is 0 Å². The average molecular weight is 406 g/mol. The molecule has 0 aliphatic carbocycles. The third kappa shape index (κ3) is 2.47. The van der Waals surface area contributed by atoms with E-state index < -0.39 is 0 Å². The summed E-state index contributed by atoms with van der Waals surface area (Å²) in [5, 5.41) is 5.61. The highest BCUT2D eigenvalue weighted by atomic mass is 35.5. The van der Waals surface area contributed by atoms with E-state index in [9.17, 15) is 9.59 Å². The van der Waals surface area contributed by atoms with Gasteiger partial charge in [0, 0.05) is 27.4 Å². The Kier molecular flexibility index (Phi) is 3.86. The van der Waals surface area contributed by atoms with Crippen molar-refractivity contribution in [3.8, 4) is 0 Å². The number of fused-ring (bicyclic) bond motifs is 5. The van der Waals surface area contributed by atoms with Gasteiger partial charge in [-0.15, -0.1) is 0 Å². The molecule has 27 heavy (non-hydrogen) atoms. The highest BCUT2D eigenvalue weighted by Gasteiger charge is 2.63. The standard InChI is InChI=1S/C19H17Cl2N3O3/c1-9-7-15(22-23(9)8-10-11(20)3-2-4-12(10)21)24-18(25)16-13-5-6-14(27-13)17(16)19(24)26/h2-4,7,13-14,16-17H,5-6,8H2,1H3/t13-,14-,16-,17-/m1/s1. The van der Waals surface area contributed by atoms with Gasteiger partial charge < -0.3 is 4.74 Å². The van der Waals surface area contributed by atoms with Gasteiger partial charge in [0.15, 0.2) is 5.82 Å². The van der Waals surface area contributed by atoms with E-state index in [1.807, 2.05) is 6.92 Å². The molecule has 0 N–H and O–H groups in total. The van der Waals surface area contributed by atoms with Crippen molar-refractivity contribution in [2.45, 2.75) is 38.5 Å². The number of imide groups is 1. The second-order valence-corrected chi connectivity index (χ2v) is 8.17. The Hall–Kier alpha value is -1.89. The topological polar surface area (TPSA) is 64.4 Å². The van der Waals surface area contributed by atoms with Gasteiger partial charge in [-0.3, -0.25) is 14.3 Å². The summed E-state index contributed by atoms with van der Waals surface area (Å²) in [6.45, 7) is 2.24. The van der Waals surface area contributed by atoms with Crippen LogP contribution in [0, 0.1) is 18.8 Å². The van der Waals surface area contributed by atoms with E-state index in [2.05, 4.69) is 5.10 Å². The molecule has 3 aliphatic heterocycles. The van der Waals surface area contributed by atoms with Gasteiger partial charge in [0.25, 0.3) is 0 Å². The van der Waals surface area contributed by atoms with Crippen molar-refractivity contribution < 1.29 is 14.3 Å². The lowest BCUT2D eigenvalue weighted by Gasteiger charge is -2.15. The van der Waals surface area contributed by atoms with Crippen molar-refractivity contribution >= 4 is 40.8 Å². The van der Waals surface area contributed by atoms with Crippen molar-refractivity contribution in [2.24, 2.45) is 11.8 Å². The molecule has 4 atom stereocenters. The lowest BCUT2D eigenvalue weighted by Crippen LogP contribution is -2.34. The van der Waals surface area contributed by atoms with Crippen LogP contribution in [0.2, 0.25) is 10.0 Å². The number of halogens is 2. The van der Waals surface area contributed by atoms with E-state index in [1.54, 1.807) is 28.9 Å². The fourth-order valence-corrected chi connectivity index (χ4v) is 5.05. The second kappa shape index (κ2) is 6.06. The Morgan fingerprint density at radius 1 is 1.11 bits per heavy atom. The molecule has 2 aromatic rings. The number of benzene rings is 1.